The zero-order valence-electron chi connectivity index (χ0n) is 11.6. The Balaban J connectivity index is 2.07. The van der Waals surface area contributed by atoms with Crippen molar-refractivity contribution >= 4 is 11.0 Å². The van der Waals surface area contributed by atoms with E-state index in [1.807, 2.05) is 12.1 Å². The van der Waals surface area contributed by atoms with Gasteiger partial charge in [0, 0.05) is 13.1 Å². The van der Waals surface area contributed by atoms with Crippen LogP contribution in [0.15, 0.2) is 48.5 Å². The number of aromatic nitrogens is 2. The van der Waals surface area contributed by atoms with E-state index in [-0.39, 0.29) is 6.54 Å². The van der Waals surface area contributed by atoms with Gasteiger partial charge in [0.05, 0.1) is 11.0 Å². The highest BCUT2D eigenvalue weighted by Gasteiger charge is 2.37. The molecule has 3 aromatic rings. The van der Waals surface area contributed by atoms with Crippen molar-refractivity contribution in [1.29, 1.82) is 0 Å². The quantitative estimate of drug-likeness (QED) is 0.804. The maximum absolute atomic E-state index is 13.2. The number of para-hydroxylation sites is 2. The molecule has 1 heterocycles. The Morgan fingerprint density at radius 3 is 2.23 bits per heavy atom. The van der Waals surface area contributed by atoms with Crippen LogP contribution in [0, 0.1) is 0 Å². The average Bonchev–Trinajstić information content (AvgIpc) is 2.87. The summed E-state index contributed by atoms with van der Waals surface area (Å²) in [5.74, 6) is -0.878. The molecule has 3 nitrogen and oxygen atoms in total. The number of benzene rings is 2. The van der Waals surface area contributed by atoms with Crippen LogP contribution in [0.2, 0.25) is 0 Å². The van der Waals surface area contributed by atoms with Crippen LogP contribution in [-0.2, 0) is 19.3 Å². The maximum Gasteiger partial charge on any atom is 0.449 e. The second-order valence-electron chi connectivity index (χ2n) is 5.03. The van der Waals surface area contributed by atoms with E-state index < -0.39 is 12.0 Å². The number of nitrogens with two attached hydrogens (primary N) is 1. The number of alkyl halides is 3. The smallest absolute Gasteiger partial charge is 0.326 e. The van der Waals surface area contributed by atoms with Crippen molar-refractivity contribution in [3.05, 3.63) is 65.5 Å². The van der Waals surface area contributed by atoms with Crippen LogP contribution in [0.5, 0.6) is 0 Å². The lowest BCUT2D eigenvalue weighted by molar-refractivity contribution is -0.146. The van der Waals surface area contributed by atoms with E-state index in [1.165, 1.54) is 4.57 Å². The molecule has 3 rings (SSSR count). The van der Waals surface area contributed by atoms with Crippen molar-refractivity contribution < 1.29 is 13.2 Å². The van der Waals surface area contributed by atoms with E-state index in [1.54, 1.807) is 36.4 Å². The molecule has 0 fully saturated rings. The Morgan fingerprint density at radius 2 is 1.59 bits per heavy atom. The molecule has 6 heteroatoms. The molecule has 0 aliphatic rings. The maximum atomic E-state index is 13.2. The minimum atomic E-state index is -4.49. The molecule has 0 radical (unpaired) electrons. The molecule has 2 N–H and O–H groups in total. The number of hydrogen-bond donors (Lipinski definition) is 1. The lowest BCUT2D eigenvalue weighted by Crippen LogP contribution is -2.15. The summed E-state index contributed by atoms with van der Waals surface area (Å²) in [6.07, 6.45) is -4.49. The summed E-state index contributed by atoms with van der Waals surface area (Å²) in [7, 11) is 0. The number of imidazole rings is 1. The molecule has 0 atom stereocenters. The molecule has 0 unspecified atom stereocenters. The molecule has 114 valence electrons. The molecule has 0 spiro atoms. The molecule has 22 heavy (non-hydrogen) atoms. The van der Waals surface area contributed by atoms with E-state index in [0.29, 0.717) is 17.6 Å². The van der Waals surface area contributed by atoms with Crippen LogP contribution >= 0.6 is 0 Å². The lowest BCUT2D eigenvalue weighted by atomic mass is 10.1. The number of halogens is 3. The van der Waals surface area contributed by atoms with E-state index >= 15 is 0 Å². The highest BCUT2D eigenvalue weighted by molar-refractivity contribution is 5.76. The van der Waals surface area contributed by atoms with Crippen molar-refractivity contribution in [2.45, 2.75) is 19.3 Å². The van der Waals surface area contributed by atoms with Crippen molar-refractivity contribution in [2.24, 2.45) is 5.73 Å². The van der Waals surface area contributed by atoms with Crippen molar-refractivity contribution in [3.63, 3.8) is 0 Å². The fourth-order valence-corrected chi connectivity index (χ4v) is 2.42. The van der Waals surface area contributed by atoms with Gasteiger partial charge in [0.1, 0.15) is 0 Å². The van der Waals surface area contributed by atoms with E-state index in [0.717, 1.165) is 11.1 Å². The summed E-state index contributed by atoms with van der Waals surface area (Å²) in [6, 6.07) is 13.8. The van der Waals surface area contributed by atoms with Gasteiger partial charge in [-0.15, -0.1) is 0 Å². The average molecular weight is 305 g/mol. The zero-order valence-corrected chi connectivity index (χ0v) is 11.6. The molecule has 2 aromatic carbocycles. The number of rotatable bonds is 3. The van der Waals surface area contributed by atoms with Crippen LogP contribution < -0.4 is 5.73 Å². The number of nitrogens with zero attached hydrogens (tertiary/aromatic N) is 2. The highest BCUT2D eigenvalue weighted by atomic mass is 19.4. The Morgan fingerprint density at radius 1 is 0.955 bits per heavy atom. The third kappa shape index (κ3) is 2.69. The first-order valence-corrected chi connectivity index (χ1v) is 6.79. The summed E-state index contributed by atoms with van der Waals surface area (Å²) >= 11 is 0. The van der Waals surface area contributed by atoms with Crippen LogP contribution in [0.25, 0.3) is 11.0 Å². The zero-order chi connectivity index (χ0) is 15.7. The van der Waals surface area contributed by atoms with Crippen LogP contribution in [0.4, 0.5) is 13.2 Å². The summed E-state index contributed by atoms with van der Waals surface area (Å²) in [6.45, 7) is 0.516. The first-order chi connectivity index (χ1) is 10.5. The van der Waals surface area contributed by atoms with E-state index in [4.69, 9.17) is 5.73 Å². The Hall–Kier alpha value is -2.34. The summed E-state index contributed by atoms with van der Waals surface area (Å²) in [5.41, 5.74) is 8.05. The minimum Gasteiger partial charge on any atom is -0.326 e. The van der Waals surface area contributed by atoms with Gasteiger partial charge in [-0.2, -0.15) is 13.2 Å². The molecule has 0 saturated carbocycles. The van der Waals surface area contributed by atoms with Gasteiger partial charge in [-0.1, -0.05) is 36.4 Å². The number of hydrogen-bond acceptors (Lipinski definition) is 2. The van der Waals surface area contributed by atoms with Gasteiger partial charge in [-0.3, -0.25) is 0 Å². The Labute approximate surface area is 125 Å². The summed E-state index contributed by atoms with van der Waals surface area (Å²) in [5, 5.41) is 0. The third-order valence-corrected chi connectivity index (χ3v) is 3.51. The highest BCUT2D eigenvalue weighted by Crippen LogP contribution is 2.32. The topological polar surface area (TPSA) is 43.8 Å². The molecular weight excluding hydrogens is 291 g/mol. The fourth-order valence-electron chi connectivity index (χ4n) is 2.42. The SMILES string of the molecule is NCc1ccc(Cn2c(C(F)(F)F)nc3ccccc32)cc1. The fraction of sp³-hybridized carbons (Fsp3) is 0.188. The number of fused-ring (bicyclic) bond motifs is 1. The second-order valence-corrected chi connectivity index (χ2v) is 5.03. The van der Waals surface area contributed by atoms with Crippen molar-refractivity contribution in [2.75, 3.05) is 0 Å². The van der Waals surface area contributed by atoms with Crippen molar-refractivity contribution in [1.82, 2.24) is 9.55 Å². The van der Waals surface area contributed by atoms with Gasteiger partial charge in [0.2, 0.25) is 5.82 Å². The predicted molar refractivity (Wildman–Crippen MR) is 78.2 cm³/mol. The first kappa shape index (κ1) is 14.6. The molecular formula is C16H14F3N3. The van der Waals surface area contributed by atoms with E-state index in [2.05, 4.69) is 4.98 Å². The standard InChI is InChI=1S/C16H14F3N3/c17-16(18,19)15-21-13-3-1-2-4-14(13)22(15)10-12-7-5-11(9-20)6-8-12/h1-8H,9-10,20H2. The molecule has 0 aliphatic heterocycles. The largest absolute Gasteiger partial charge is 0.449 e. The molecule has 0 aliphatic carbocycles. The molecule has 1 aromatic heterocycles. The molecule has 0 bridgehead atoms. The van der Waals surface area contributed by atoms with Gasteiger partial charge in [0.15, 0.2) is 0 Å². The van der Waals surface area contributed by atoms with E-state index in [9.17, 15) is 13.2 Å². The lowest BCUT2D eigenvalue weighted by Gasteiger charge is -2.12. The van der Waals surface area contributed by atoms with Gasteiger partial charge < -0.3 is 10.3 Å². The van der Waals surface area contributed by atoms with Gasteiger partial charge in [0.25, 0.3) is 0 Å². The summed E-state index contributed by atoms with van der Waals surface area (Å²) in [4.78, 5) is 3.73. The van der Waals surface area contributed by atoms with Crippen molar-refractivity contribution in [3.8, 4) is 0 Å². The van der Waals surface area contributed by atoms with Crippen LogP contribution in [-0.4, -0.2) is 9.55 Å². The molecule has 0 amide bonds. The van der Waals surface area contributed by atoms with Gasteiger partial charge in [-0.25, -0.2) is 4.98 Å². The Bertz CT molecular complexity index is 788. The van der Waals surface area contributed by atoms with Crippen LogP contribution in [0.3, 0.4) is 0 Å². The minimum absolute atomic E-state index is 0.111. The third-order valence-electron chi connectivity index (χ3n) is 3.51. The monoisotopic (exact) mass is 305 g/mol. The van der Waals surface area contributed by atoms with Crippen LogP contribution in [0.1, 0.15) is 17.0 Å². The van der Waals surface area contributed by atoms with Gasteiger partial charge in [-0.05, 0) is 23.3 Å². The molecule has 0 saturated heterocycles. The first-order valence-electron chi connectivity index (χ1n) is 6.79. The Kier molecular flexibility index (Phi) is 3.62. The predicted octanol–water partition coefficient (Wildman–Crippen LogP) is 3.56. The normalized spacial score (nSPS) is 12.0. The second kappa shape index (κ2) is 5.46. The van der Waals surface area contributed by atoms with Gasteiger partial charge >= 0.3 is 6.18 Å². The summed E-state index contributed by atoms with van der Waals surface area (Å²) < 4.78 is 40.8.